The summed E-state index contributed by atoms with van der Waals surface area (Å²) in [6.07, 6.45) is 2.42. The number of hydrogen-bond acceptors (Lipinski definition) is 3. The number of fused-ring (bicyclic) bond motifs is 1. The van der Waals surface area contributed by atoms with E-state index in [4.69, 9.17) is 0 Å². The van der Waals surface area contributed by atoms with Crippen molar-refractivity contribution in [2.24, 2.45) is 0 Å². The summed E-state index contributed by atoms with van der Waals surface area (Å²) >= 11 is 3.42. The molecule has 0 aliphatic carbocycles. The van der Waals surface area contributed by atoms with E-state index in [-0.39, 0.29) is 5.91 Å². The van der Waals surface area contributed by atoms with Crippen LogP contribution in [-0.2, 0) is 14.8 Å². The number of halogens is 1. The Morgan fingerprint density at radius 1 is 1.24 bits per heavy atom. The second kappa shape index (κ2) is 5.23. The van der Waals surface area contributed by atoms with Crippen LogP contribution in [0.3, 0.4) is 0 Å². The fourth-order valence-electron chi connectivity index (χ4n) is 2.83. The molecule has 1 N–H and O–H groups in total. The van der Waals surface area contributed by atoms with Crippen LogP contribution in [0.4, 0.5) is 5.69 Å². The number of amides is 1. The summed E-state index contributed by atoms with van der Waals surface area (Å²) in [5.74, 6) is -0.0918. The van der Waals surface area contributed by atoms with Crippen LogP contribution in [0, 0.1) is 0 Å². The average Bonchev–Trinajstić information content (AvgIpc) is 2.73. The smallest absolute Gasteiger partial charge is 0.256 e. The number of piperidine rings is 1. The minimum absolute atomic E-state index is 0.0918. The summed E-state index contributed by atoms with van der Waals surface area (Å²) in [6.45, 7) is 0.878. The van der Waals surface area contributed by atoms with Gasteiger partial charge in [-0.05, 0) is 31.0 Å². The first-order chi connectivity index (χ1) is 9.86. The predicted octanol–water partition coefficient (Wildman–Crippen LogP) is 2.21. The molecule has 0 radical (unpaired) electrons. The molecule has 0 saturated carbocycles. The summed E-state index contributed by atoms with van der Waals surface area (Å²) in [5, 5.41) is 2.86. The van der Waals surface area contributed by atoms with Gasteiger partial charge in [-0.2, -0.15) is 0 Å². The van der Waals surface area contributed by atoms with E-state index in [2.05, 4.69) is 21.2 Å². The van der Waals surface area contributed by atoms with Crippen molar-refractivity contribution in [3.05, 3.63) is 33.8 Å². The van der Waals surface area contributed by atoms with E-state index in [1.165, 1.54) is 10.6 Å². The van der Waals surface area contributed by atoms with Gasteiger partial charge in [0.1, 0.15) is 0 Å². The second-order valence-corrected chi connectivity index (χ2v) is 8.18. The lowest BCUT2D eigenvalue weighted by Gasteiger charge is -2.27. The third-order valence-electron chi connectivity index (χ3n) is 3.87. The maximum absolute atomic E-state index is 12.2. The van der Waals surface area contributed by atoms with Gasteiger partial charge in [-0.1, -0.05) is 21.5 Å². The summed E-state index contributed by atoms with van der Waals surface area (Å²) in [6, 6.07) is 5.69. The summed E-state index contributed by atoms with van der Waals surface area (Å²) in [7, 11) is -3.15. The predicted molar refractivity (Wildman–Crippen MR) is 85.3 cm³/mol. The molecule has 0 atom stereocenters. The standard InChI is InChI=1S/C14H15BrN2O3S/c1-21(19,20)17-6-4-9(5-7-17)13-11-8-10(15)2-3-12(11)16-14(13)18/h2-3,8H,4-7H2,1H3,(H,16,18). The molecule has 7 heteroatoms. The van der Waals surface area contributed by atoms with Gasteiger partial charge in [-0.3, -0.25) is 4.79 Å². The molecule has 2 aliphatic heterocycles. The summed E-state index contributed by atoms with van der Waals surface area (Å²) in [4.78, 5) is 12.2. The van der Waals surface area contributed by atoms with Gasteiger partial charge in [-0.25, -0.2) is 12.7 Å². The highest BCUT2D eigenvalue weighted by molar-refractivity contribution is 9.10. The Morgan fingerprint density at radius 2 is 1.90 bits per heavy atom. The zero-order valence-electron chi connectivity index (χ0n) is 11.5. The van der Waals surface area contributed by atoms with Crippen molar-refractivity contribution in [2.75, 3.05) is 24.7 Å². The van der Waals surface area contributed by atoms with Gasteiger partial charge >= 0.3 is 0 Å². The second-order valence-electron chi connectivity index (χ2n) is 5.28. The van der Waals surface area contributed by atoms with Gasteiger partial charge in [0.05, 0.1) is 6.26 Å². The number of carbonyl (C=O) groups excluding carboxylic acids is 1. The molecule has 1 saturated heterocycles. The fraction of sp³-hybridized carbons (Fsp3) is 0.357. The molecular formula is C14H15BrN2O3S. The molecule has 1 aromatic rings. The number of nitrogens with one attached hydrogen (secondary N) is 1. The van der Waals surface area contributed by atoms with Crippen molar-refractivity contribution in [2.45, 2.75) is 12.8 Å². The number of sulfonamides is 1. The van der Waals surface area contributed by atoms with Gasteiger partial charge in [0.15, 0.2) is 0 Å². The number of carbonyl (C=O) groups is 1. The van der Waals surface area contributed by atoms with E-state index in [0.29, 0.717) is 31.5 Å². The topological polar surface area (TPSA) is 66.5 Å². The van der Waals surface area contributed by atoms with Crippen molar-refractivity contribution in [3.63, 3.8) is 0 Å². The molecule has 2 heterocycles. The Hall–Kier alpha value is -1.18. The molecule has 3 rings (SSSR count). The number of benzene rings is 1. The van der Waals surface area contributed by atoms with Crippen molar-refractivity contribution in [1.29, 1.82) is 0 Å². The lowest BCUT2D eigenvalue weighted by Crippen LogP contribution is -2.35. The number of hydrogen-bond donors (Lipinski definition) is 1. The first-order valence-electron chi connectivity index (χ1n) is 6.64. The van der Waals surface area contributed by atoms with Crippen molar-refractivity contribution >= 4 is 43.1 Å². The maximum atomic E-state index is 12.2. The van der Waals surface area contributed by atoms with E-state index in [1.807, 2.05) is 18.2 Å². The molecule has 0 bridgehead atoms. The Morgan fingerprint density at radius 3 is 2.52 bits per heavy atom. The Labute approximate surface area is 132 Å². The Balaban J connectivity index is 1.95. The molecule has 21 heavy (non-hydrogen) atoms. The average molecular weight is 371 g/mol. The minimum Gasteiger partial charge on any atom is -0.321 e. The van der Waals surface area contributed by atoms with Gasteiger partial charge in [0.25, 0.3) is 5.91 Å². The minimum atomic E-state index is -3.15. The quantitative estimate of drug-likeness (QED) is 0.770. The van der Waals surface area contributed by atoms with E-state index in [0.717, 1.165) is 21.3 Å². The van der Waals surface area contributed by atoms with Crippen LogP contribution in [0.1, 0.15) is 18.4 Å². The zero-order chi connectivity index (χ0) is 15.2. The molecule has 112 valence electrons. The number of anilines is 1. The fourth-order valence-corrected chi connectivity index (χ4v) is 4.04. The van der Waals surface area contributed by atoms with Crippen molar-refractivity contribution in [3.8, 4) is 0 Å². The van der Waals surface area contributed by atoms with Crippen LogP contribution in [-0.4, -0.2) is 38.0 Å². The molecule has 0 spiro atoms. The van der Waals surface area contributed by atoms with Crippen LogP contribution in [0.5, 0.6) is 0 Å². The molecule has 1 fully saturated rings. The zero-order valence-corrected chi connectivity index (χ0v) is 13.9. The highest BCUT2D eigenvalue weighted by atomic mass is 79.9. The number of rotatable bonds is 1. The van der Waals surface area contributed by atoms with Crippen LogP contribution in [0.25, 0.3) is 5.57 Å². The van der Waals surface area contributed by atoms with Crippen molar-refractivity contribution < 1.29 is 13.2 Å². The van der Waals surface area contributed by atoms with Gasteiger partial charge < -0.3 is 5.32 Å². The van der Waals surface area contributed by atoms with E-state index < -0.39 is 10.0 Å². The number of nitrogens with zero attached hydrogens (tertiary/aromatic N) is 1. The van der Waals surface area contributed by atoms with Crippen LogP contribution >= 0.6 is 15.9 Å². The Kier molecular flexibility index (Phi) is 3.67. The summed E-state index contributed by atoms with van der Waals surface area (Å²) < 4.78 is 25.5. The molecule has 1 aromatic carbocycles. The van der Waals surface area contributed by atoms with E-state index >= 15 is 0 Å². The highest BCUT2D eigenvalue weighted by Crippen LogP contribution is 2.38. The molecule has 0 unspecified atom stereocenters. The third-order valence-corrected chi connectivity index (χ3v) is 5.67. The molecule has 1 amide bonds. The molecule has 0 aromatic heterocycles. The lowest BCUT2D eigenvalue weighted by atomic mass is 9.95. The van der Waals surface area contributed by atoms with E-state index in [9.17, 15) is 13.2 Å². The normalized spacial score (nSPS) is 19.6. The van der Waals surface area contributed by atoms with Crippen LogP contribution < -0.4 is 5.32 Å². The van der Waals surface area contributed by atoms with Gasteiger partial charge in [0.2, 0.25) is 10.0 Å². The van der Waals surface area contributed by atoms with Gasteiger partial charge in [-0.15, -0.1) is 0 Å². The maximum Gasteiger partial charge on any atom is 0.256 e. The SMILES string of the molecule is CS(=O)(=O)N1CCC(=C2C(=O)Nc3ccc(Br)cc32)CC1. The largest absolute Gasteiger partial charge is 0.321 e. The monoisotopic (exact) mass is 370 g/mol. The first-order valence-corrected chi connectivity index (χ1v) is 9.29. The van der Waals surface area contributed by atoms with Crippen LogP contribution in [0.2, 0.25) is 0 Å². The van der Waals surface area contributed by atoms with Crippen molar-refractivity contribution in [1.82, 2.24) is 4.31 Å². The third kappa shape index (κ3) is 2.77. The lowest BCUT2D eigenvalue weighted by molar-refractivity contribution is -0.110. The molecular weight excluding hydrogens is 356 g/mol. The summed E-state index contributed by atoms with van der Waals surface area (Å²) in [5.41, 5.74) is 3.46. The van der Waals surface area contributed by atoms with Gasteiger partial charge in [0, 0.05) is 34.4 Å². The van der Waals surface area contributed by atoms with Crippen LogP contribution in [0.15, 0.2) is 28.2 Å². The highest BCUT2D eigenvalue weighted by Gasteiger charge is 2.30. The molecule has 2 aliphatic rings. The Bertz CT molecular complexity index is 745. The van der Waals surface area contributed by atoms with E-state index in [1.54, 1.807) is 0 Å². The first kappa shape index (κ1) is 14.7. The molecule has 5 nitrogen and oxygen atoms in total.